The third kappa shape index (κ3) is 4.04. The summed E-state index contributed by atoms with van der Waals surface area (Å²) < 4.78 is 16.5. The third-order valence-electron chi connectivity index (χ3n) is 3.69. The van der Waals surface area contributed by atoms with E-state index in [2.05, 4.69) is 31.9 Å². The first-order valence-corrected chi connectivity index (χ1v) is 10.1. The van der Waals surface area contributed by atoms with E-state index in [0.29, 0.717) is 35.4 Å². The van der Waals surface area contributed by atoms with Crippen molar-refractivity contribution in [3.05, 3.63) is 52.9 Å². The van der Waals surface area contributed by atoms with Crippen molar-refractivity contribution in [1.82, 2.24) is 0 Å². The number of phenols is 1. The minimum absolute atomic E-state index is 0.133. The molecule has 0 spiro atoms. The smallest absolute Gasteiger partial charge is 0.204 e. The number of alkyl halides is 2. The lowest BCUT2D eigenvalue weighted by atomic mass is 10.0. The summed E-state index contributed by atoms with van der Waals surface area (Å²) in [7, 11) is 0. The van der Waals surface area contributed by atoms with Crippen LogP contribution in [-0.4, -0.2) is 29.0 Å². The van der Waals surface area contributed by atoms with Crippen LogP contribution in [0.1, 0.15) is 0 Å². The molecule has 3 aromatic rings. The molecule has 0 aliphatic carbocycles. The molecule has 0 fully saturated rings. The van der Waals surface area contributed by atoms with Gasteiger partial charge in [0.2, 0.25) is 5.43 Å². The highest BCUT2D eigenvalue weighted by Gasteiger charge is 2.14. The quantitative estimate of drug-likeness (QED) is 0.492. The summed E-state index contributed by atoms with van der Waals surface area (Å²) in [6, 6.07) is 10.2. The van der Waals surface area contributed by atoms with E-state index in [4.69, 9.17) is 13.9 Å². The molecular formula is C19H16Br2O5. The van der Waals surface area contributed by atoms with Crippen LogP contribution < -0.4 is 14.9 Å². The molecular weight excluding hydrogens is 468 g/mol. The number of aromatic hydroxyl groups is 1. The van der Waals surface area contributed by atoms with Crippen molar-refractivity contribution < 1.29 is 19.0 Å². The van der Waals surface area contributed by atoms with Gasteiger partial charge >= 0.3 is 0 Å². The van der Waals surface area contributed by atoms with E-state index in [1.54, 1.807) is 30.3 Å². The van der Waals surface area contributed by atoms with E-state index >= 15 is 0 Å². The molecule has 0 unspecified atom stereocenters. The Kier molecular flexibility index (Phi) is 6.21. The fraction of sp³-hybridized carbons (Fsp3) is 0.211. The summed E-state index contributed by atoms with van der Waals surface area (Å²) in [5, 5.41) is 11.8. The molecule has 0 radical (unpaired) electrons. The number of hydrogen-bond donors (Lipinski definition) is 1. The van der Waals surface area contributed by atoms with Crippen molar-refractivity contribution in [3.8, 4) is 28.4 Å². The lowest BCUT2D eigenvalue weighted by Gasteiger charge is -2.09. The van der Waals surface area contributed by atoms with Crippen LogP contribution in [0.4, 0.5) is 0 Å². The van der Waals surface area contributed by atoms with Gasteiger partial charge in [0.25, 0.3) is 0 Å². The molecule has 0 saturated heterocycles. The highest BCUT2D eigenvalue weighted by molar-refractivity contribution is 9.09. The zero-order valence-electron chi connectivity index (χ0n) is 13.7. The fourth-order valence-corrected chi connectivity index (χ4v) is 2.86. The Morgan fingerprint density at radius 3 is 2.27 bits per heavy atom. The molecule has 0 amide bonds. The summed E-state index contributed by atoms with van der Waals surface area (Å²) in [6.07, 6.45) is 1.40. The average Bonchev–Trinajstić information content (AvgIpc) is 2.65. The normalized spacial score (nSPS) is 10.8. The van der Waals surface area contributed by atoms with Crippen LogP contribution in [0, 0.1) is 0 Å². The van der Waals surface area contributed by atoms with Crippen molar-refractivity contribution >= 4 is 42.8 Å². The van der Waals surface area contributed by atoms with Crippen molar-refractivity contribution in [2.75, 3.05) is 23.9 Å². The van der Waals surface area contributed by atoms with E-state index in [1.165, 1.54) is 12.3 Å². The van der Waals surface area contributed by atoms with Crippen LogP contribution in [0.2, 0.25) is 0 Å². The Bertz CT molecular complexity index is 951. The van der Waals surface area contributed by atoms with Crippen molar-refractivity contribution in [1.29, 1.82) is 0 Å². The van der Waals surface area contributed by atoms with Gasteiger partial charge in [0, 0.05) is 22.8 Å². The van der Waals surface area contributed by atoms with Crippen LogP contribution in [0.25, 0.3) is 22.1 Å². The number of fused-ring (bicyclic) bond motifs is 1. The predicted octanol–water partition coefficient (Wildman–Crippen LogP) is 4.71. The first kappa shape index (κ1) is 18.8. The van der Waals surface area contributed by atoms with Gasteiger partial charge in [-0.25, -0.2) is 0 Å². The Balaban J connectivity index is 1.99. The summed E-state index contributed by atoms with van der Waals surface area (Å²) in [4.78, 5) is 12.8. The maximum absolute atomic E-state index is 12.8. The van der Waals surface area contributed by atoms with Crippen molar-refractivity contribution in [2.45, 2.75) is 0 Å². The zero-order chi connectivity index (χ0) is 18.5. The SMILES string of the molecule is O=c1c(-c2ccc(OCCBr)cc2)coc2cc(OCCBr)cc(O)c12. The van der Waals surface area contributed by atoms with Gasteiger partial charge < -0.3 is 19.0 Å². The summed E-state index contributed by atoms with van der Waals surface area (Å²) in [6.45, 7) is 1.00. The third-order valence-corrected chi connectivity index (χ3v) is 4.33. The molecule has 0 aliphatic heterocycles. The molecule has 2 aromatic carbocycles. The molecule has 1 aromatic heterocycles. The predicted molar refractivity (Wildman–Crippen MR) is 108 cm³/mol. The number of hydrogen-bond acceptors (Lipinski definition) is 5. The Morgan fingerprint density at radius 2 is 1.62 bits per heavy atom. The van der Waals surface area contributed by atoms with E-state index < -0.39 is 0 Å². The van der Waals surface area contributed by atoms with E-state index in [1.807, 2.05) is 0 Å². The van der Waals surface area contributed by atoms with Gasteiger partial charge in [-0.1, -0.05) is 44.0 Å². The topological polar surface area (TPSA) is 68.9 Å². The van der Waals surface area contributed by atoms with Gasteiger partial charge in [-0.05, 0) is 17.7 Å². The van der Waals surface area contributed by atoms with Gasteiger partial charge in [-0.2, -0.15) is 0 Å². The molecule has 0 bridgehead atoms. The second kappa shape index (κ2) is 8.60. The number of ether oxygens (including phenoxy) is 2. The Morgan fingerprint density at radius 1 is 0.962 bits per heavy atom. The largest absolute Gasteiger partial charge is 0.507 e. The average molecular weight is 484 g/mol. The minimum atomic E-state index is -0.301. The number of rotatable bonds is 7. The molecule has 136 valence electrons. The number of halogens is 2. The maximum Gasteiger partial charge on any atom is 0.204 e. The van der Waals surface area contributed by atoms with Crippen molar-refractivity contribution in [2.24, 2.45) is 0 Å². The van der Waals surface area contributed by atoms with Crippen molar-refractivity contribution in [3.63, 3.8) is 0 Å². The van der Waals surface area contributed by atoms with E-state index in [0.717, 1.165) is 11.1 Å². The summed E-state index contributed by atoms with van der Waals surface area (Å²) >= 11 is 6.57. The Hall–Kier alpha value is -1.99. The monoisotopic (exact) mass is 482 g/mol. The van der Waals surface area contributed by atoms with Crippen LogP contribution in [-0.2, 0) is 0 Å². The van der Waals surface area contributed by atoms with E-state index in [9.17, 15) is 9.90 Å². The number of benzene rings is 2. The van der Waals surface area contributed by atoms with Gasteiger partial charge in [0.15, 0.2) is 0 Å². The number of phenolic OH excluding ortho intramolecular Hbond substituents is 1. The molecule has 26 heavy (non-hydrogen) atoms. The maximum atomic E-state index is 12.8. The first-order valence-electron chi connectivity index (χ1n) is 7.90. The molecule has 7 heteroatoms. The van der Waals surface area contributed by atoms with Gasteiger partial charge in [0.1, 0.15) is 34.5 Å². The molecule has 1 N–H and O–H groups in total. The van der Waals surface area contributed by atoms with Gasteiger partial charge in [-0.3, -0.25) is 4.79 Å². The second-order valence-corrected chi connectivity index (χ2v) is 6.98. The van der Waals surface area contributed by atoms with Crippen LogP contribution in [0.3, 0.4) is 0 Å². The molecule has 0 aliphatic rings. The van der Waals surface area contributed by atoms with Gasteiger partial charge in [0.05, 0.1) is 18.8 Å². The lowest BCUT2D eigenvalue weighted by Crippen LogP contribution is -2.06. The first-order chi connectivity index (χ1) is 12.6. The summed E-state index contributed by atoms with van der Waals surface area (Å²) in [5.41, 5.74) is 1.03. The minimum Gasteiger partial charge on any atom is -0.507 e. The van der Waals surface area contributed by atoms with Crippen LogP contribution >= 0.6 is 31.9 Å². The van der Waals surface area contributed by atoms with Crippen LogP contribution in [0.5, 0.6) is 17.2 Å². The molecule has 5 nitrogen and oxygen atoms in total. The van der Waals surface area contributed by atoms with Gasteiger partial charge in [-0.15, -0.1) is 0 Å². The fourth-order valence-electron chi connectivity index (χ4n) is 2.53. The standard InChI is InChI=1S/C19H16Br2O5/c20-5-7-24-13-3-1-12(2-4-13)15-11-26-17-10-14(25-8-6-21)9-16(22)18(17)19(15)23/h1-4,9-11,22H,5-8H2. The molecule has 0 saturated carbocycles. The highest BCUT2D eigenvalue weighted by atomic mass is 79.9. The second-order valence-electron chi connectivity index (χ2n) is 5.39. The summed E-state index contributed by atoms with van der Waals surface area (Å²) in [5.74, 6) is 0.994. The lowest BCUT2D eigenvalue weighted by molar-refractivity contribution is 0.342. The zero-order valence-corrected chi connectivity index (χ0v) is 16.9. The molecule has 1 heterocycles. The molecule has 3 rings (SSSR count). The highest BCUT2D eigenvalue weighted by Crippen LogP contribution is 2.30. The Labute approximate surface area is 166 Å². The molecule has 0 atom stereocenters. The van der Waals surface area contributed by atoms with Crippen LogP contribution in [0.15, 0.2) is 51.9 Å². The van der Waals surface area contributed by atoms with E-state index in [-0.39, 0.29) is 22.1 Å².